The second-order valence-corrected chi connectivity index (χ2v) is 5.88. The van der Waals surface area contributed by atoms with Crippen LogP contribution in [-0.4, -0.2) is 12.6 Å². The molecule has 0 radical (unpaired) electrons. The maximum Gasteiger partial charge on any atom is 0.00647 e. The molecule has 0 heterocycles. The van der Waals surface area contributed by atoms with Gasteiger partial charge in [0.25, 0.3) is 0 Å². The summed E-state index contributed by atoms with van der Waals surface area (Å²) in [5, 5.41) is 3.74. The van der Waals surface area contributed by atoms with Gasteiger partial charge in [-0.1, -0.05) is 70.9 Å². The van der Waals surface area contributed by atoms with Gasteiger partial charge in [0.1, 0.15) is 0 Å². The lowest BCUT2D eigenvalue weighted by atomic mass is 9.84. The number of hydrogen-bond acceptors (Lipinski definition) is 1. The first-order valence-corrected chi connectivity index (χ1v) is 7.39. The van der Waals surface area contributed by atoms with Crippen molar-refractivity contribution in [3.63, 3.8) is 0 Å². The monoisotopic (exact) mass is 247 g/mol. The van der Waals surface area contributed by atoms with E-state index in [1.807, 2.05) is 0 Å². The Morgan fingerprint density at radius 3 is 2.33 bits per heavy atom. The molecule has 0 aliphatic rings. The minimum Gasteiger partial charge on any atom is -0.313 e. The maximum absolute atomic E-state index is 3.74. The maximum atomic E-state index is 3.74. The first kappa shape index (κ1) is 15.2. The Bertz CT molecular complexity index is 316. The molecule has 18 heavy (non-hydrogen) atoms. The van der Waals surface area contributed by atoms with Crippen molar-refractivity contribution in [3.8, 4) is 0 Å². The van der Waals surface area contributed by atoms with Crippen LogP contribution in [0.4, 0.5) is 0 Å². The average Bonchev–Trinajstić information content (AvgIpc) is 2.40. The van der Waals surface area contributed by atoms with Gasteiger partial charge in [0, 0.05) is 18.0 Å². The first-order valence-electron chi connectivity index (χ1n) is 7.39. The molecule has 0 spiro atoms. The van der Waals surface area contributed by atoms with Crippen LogP contribution in [0.5, 0.6) is 0 Å². The van der Waals surface area contributed by atoms with Crippen LogP contribution in [0.15, 0.2) is 30.3 Å². The smallest absolute Gasteiger partial charge is 0.00647 e. The zero-order valence-electron chi connectivity index (χ0n) is 12.5. The van der Waals surface area contributed by atoms with Crippen LogP contribution < -0.4 is 5.32 Å². The molecular formula is C17H29N. The second kappa shape index (κ2) is 7.58. The third-order valence-electron chi connectivity index (χ3n) is 3.79. The largest absolute Gasteiger partial charge is 0.313 e. The van der Waals surface area contributed by atoms with Crippen LogP contribution in [0.25, 0.3) is 0 Å². The number of hydrogen-bond donors (Lipinski definition) is 1. The van der Waals surface area contributed by atoms with Gasteiger partial charge in [-0.05, 0) is 18.4 Å². The molecule has 0 aliphatic carbocycles. The van der Waals surface area contributed by atoms with E-state index >= 15 is 0 Å². The summed E-state index contributed by atoms with van der Waals surface area (Å²) >= 11 is 0. The van der Waals surface area contributed by atoms with Gasteiger partial charge in [0.05, 0.1) is 0 Å². The molecule has 1 atom stereocenters. The molecule has 1 rings (SSSR count). The van der Waals surface area contributed by atoms with Crippen LogP contribution in [0.2, 0.25) is 0 Å². The predicted octanol–water partition coefficient (Wildman–Crippen LogP) is 4.52. The summed E-state index contributed by atoms with van der Waals surface area (Å²) in [5.41, 5.74) is 1.63. The lowest BCUT2D eigenvalue weighted by Gasteiger charge is -2.28. The highest BCUT2D eigenvalue weighted by molar-refractivity contribution is 5.23. The summed E-state index contributed by atoms with van der Waals surface area (Å²) in [6.07, 6.45) is 5.15. The summed E-state index contributed by atoms with van der Waals surface area (Å²) in [6, 6.07) is 11.5. The van der Waals surface area contributed by atoms with Gasteiger partial charge in [0.15, 0.2) is 0 Å². The van der Waals surface area contributed by atoms with Crippen molar-refractivity contribution in [2.45, 2.75) is 64.8 Å². The molecule has 0 bridgehead atoms. The quantitative estimate of drug-likeness (QED) is 0.712. The van der Waals surface area contributed by atoms with Gasteiger partial charge in [-0.2, -0.15) is 0 Å². The van der Waals surface area contributed by atoms with E-state index < -0.39 is 0 Å². The number of nitrogens with one attached hydrogen (secondary N) is 1. The van der Waals surface area contributed by atoms with E-state index in [1.165, 1.54) is 31.2 Å². The Kier molecular flexibility index (Phi) is 6.42. The minimum atomic E-state index is 0.209. The molecule has 1 heteroatoms. The Labute approximate surface area is 113 Å². The van der Waals surface area contributed by atoms with E-state index in [4.69, 9.17) is 0 Å². The molecule has 1 nitrogen and oxygen atoms in total. The Hall–Kier alpha value is -0.820. The molecule has 0 saturated carbocycles. The molecule has 0 aliphatic heterocycles. The fraction of sp³-hybridized carbons (Fsp3) is 0.647. The van der Waals surface area contributed by atoms with Crippen molar-refractivity contribution in [1.29, 1.82) is 0 Å². The molecule has 0 saturated heterocycles. The predicted molar refractivity (Wildman–Crippen MR) is 81.1 cm³/mol. The molecular weight excluding hydrogens is 218 g/mol. The Morgan fingerprint density at radius 2 is 1.78 bits per heavy atom. The van der Waals surface area contributed by atoms with Crippen molar-refractivity contribution < 1.29 is 0 Å². The third-order valence-corrected chi connectivity index (χ3v) is 3.79. The van der Waals surface area contributed by atoms with Gasteiger partial charge >= 0.3 is 0 Å². The van der Waals surface area contributed by atoms with Gasteiger partial charge in [-0.15, -0.1) is 0 Å². The van der Waals surface area contributed by atoms with Crippen molar-refractivity contribution in [3.05, 3.63) is 35.9 Å². The SMILES string of the molecule is CCCCC(CC)NCC(C)(C)c1ccccc1. The fourth-order valence-corrected chi connectivity index (χ4v) is 2.29. The highest BCUT2D eigenvalue weighted by Crippen LogP contribution is 2.22. The lowest BCUT2D eigenvalue weighted by Crippen LogP contribution is -2.39. The molecule has 1 aromatic carbocycles. The number of unbranched alkanes of at least 4 members (excludes halogenated alkanes) is 1. The highest BCUT2D eigenvalue weighted by Gasteiger charge is 2.21. The summed E-state index contributed by atoms with van der Waals surface area (Å²) in [6.45, 7) is 10.2. The summed E-state index contributed by atoms with van der Waals surface area (Å²) in [7, 11) is 0. The van der Waals surface area contributed by atoms with Crippen molar-refractivity contribution in [2.24, 2.45) is 0 Å². The first-order chi connectivity index (χ1) is 8.60. The summed E-state index contributed by atoms with van der Waals surface area (Å²) in [4.78, 5) is 0. The van der Waals surface area contributed by atoms with Crippen LogP contribution in [0.1, 0.15) is 58.9 Å². The number of rotatable bonds is 8. The van der Waals surface area contributed by atoms with Crippen LogP contribution in [-0.2, 0) is 5.41 Å². The zero-order chi connectivity index (χ0) is 13.4. The van der Waals surface area contributed by atoms with Gasteiger partial charge in [-0.3, -0.25) is 0 Å². The second-order valence-electron chi connectivity index (χ2n) is 5.88. The van der Waals surface area contributed by atoms with E-state index in [0.29, 0.717) is 6.04 Å². The van der Waals surface area contributed by atoms with E-state index in [0.717, 1.165) is 6.54 Å². The van der Waals surface area contributed by atoms with Crippen molar-refractivity contribution >= 4 is 0 Å². The summed E-state index contributed by atoms with van der Waals surface area (Å²) in [5.74, 6) is 0. The van der Waals surface area contributed by atoms with Crippen molar-refractivity contribution in [1.82, 2.24) is 5.32 Å². The molecule has 0 fully saturated rings. The lowest BCUT2D eigenvalue weighted by molar-refractivity contribution is 0.389. The van der Waals surface area contributed by atoms with E-state index in [-0.39, 0.29) is 5.41 Å². The molecule has 1 N–H and O–H groups in total. The van der Waals surface area contributed by atoms with E-state index in [9.17, 15) is 0 Å². The molecule has 1 aromatic rings. The molecule has 0 aromatic heterocycles. The van der Waals surface area contributed by atoms with Gasteiger partial charge in [0.2, 0.25) is 0 Å². The van der Waals surface area contributed by atoms with E-state index in [2.05, 4.69) is 63.3 Å². The molecule has 102 valence electrons. The number of benzene rings is 1. The zero-order valence-corrected chi connectivity index (χ0v) is 12.5. The standard InChI is InChI=1S/C17H29N/c1-5-7-13-16(6-2)18-14-17(3,4)15-11-9-8-10-12-15/h8-12,16,18H,5-7,13-14H2,1-4H3. The van der Waals surface area contributed by atoms with Crippen LogP contribution in [0, 0.1) is 0 Å². The minimum absolute atomic E-state index is 0.209. The van der Waals surface area contributed by atoms with Crippen LogP contribution in [0.3, 0.4) is 0 Å². The topological polar surface area (TPSA) is 12.0 Å². The molecule has 0 amide bonds. The third kappa shape index (κ3) is 4.81. The van der Waals surface area contributed by atoms with Crippen molar-refractivity contribution in [2.75, 3.05) is 6.54 Å². The van der Waals surface area contributed by atoms with Gasteiger partial charge < -0.3 is 5.32 Å². The van der Waals surface area contributed by atoms with Crippen LogP contribution >= 0.6 is 0 Å². The molecule has 1 unspecified atom stereocenters. The van der Waals surface area contributed by atoms with E-state index in [1.54, 1.807) is 0 Å². The Balaban J connectivity index is 2.50. The summed E-state index contributed by atoms with van der Waals surface area (Å²) < 4.78 is 0. The highest BCUT2D eigenvalue weighted by atomic mass is 14.9. The van der Waals surface area contributed by atoms with Gasteiger partial charge in [-0.25, -0.2) is 0 Å². The average molecular weight is 247 g/mol. The Morgan fingerprint density at radius 1 is 1.11 bits per heavy atom. The normalized spacial score (nSPS) is 13.6. The fourth-order valence-electron chi connectivity index (χ4n) is 2.29.